The van der Waals surface area contributed by atoms with Crippen LogP contribution in [0.3, 0.4) is 0 Å². The minimum Gasteiger partial charge on any atom is -0.207 e. The summed E-state index contributed by atoms with van der Waals surface area (Å²) in [5.41, 5.74) is 5.12. The van der Waals surface area contributed by atoms with Gasteiger partial charge < -0.3 is 0 Å². The van der Waals surface area contributed by atoms with E-state index in [9.17, 15) is 4.39 Å². The van der Waals surface area contributed by atoms with Crippen LogP contribution in [0.15, 0.2) is 36.4 Å². The number of hydrogen-bond donors (Lipinski definition) is 0. The normalized spacial score (nSPS) is 10.5. The molecule has 2 aromatic carbocycles. The van der Waals surface area contributed by atoms with Crippen molar-refractivity contribution < 1.29 is 4.39 Å². The Morgan fingerprint density at radius 1 is 0.750 bits per heavy atom. The van der Waals surface area contributed by atoms with E-state index in [-0.39, 0.29) is 5.82 Å². The molecule has 0 heterocycles. The number of hydrogen-bond acceptors (Lipinski definition) is 0. The highest BCUT2D eigenvalue weighted by Crippen LogP contribution is 2.23. The van der Waals surface area contributed by atoms with Crippen molar-refractivity contribution in [3.05, 3.63) is 58.9 Å². The third-order valence-electron chi connectivity index (χ3n) is 2.73. The number of halogens is 1. The summed E-state index contributed by atoms with van der Waals surface area (Å²) in [6.07, 6.45) is 0. The van der Waals surface area contributed by atoms with Gasteiger partial charge in [0, 0.05) is 0 Å². The van der Waals surface area contributed by atoms with E-state index in [2.05, 4.69) is 32.0 Å². The summed E-state index contributed by atoms with van der Waals surface area (Å²) in [6, 6.07) is 11.7. The standard InChI is InChI=1S/C15H15F/c1-10-6-11(2)8-14(7-10)13-5-4-12(3)15(16)9-13/h4-9H,1-3H3. The lowest BCUT2D eigenvalue weighted by Gasteiger charge is -2.06. The van der Waals surface area contributed by atoms with Crippen LogP contribution >= 0.6 is 0 Å². The fourth-order valence-electron chi connectivity index (χ4n) is 1.91. The van der Waals surface area contributed by atoms with Crippen molar-refractivity contribution >= 4 is 0 Å². The first kappa shape index (κ1) is 10.9. The van der Waals surface area contributed by atoms with Crippen molar-refractivity contribution in [2.24, 2.45) is 0 Å². The molecule has 0 aliphatic carbocycles. The lowest BCUT2D eigenvalue weighted by molar-refractivity contribution is 0.619. The van der Waals surface area contributed by atoms with Gasteiger partial charge in [-0.25, -0.2) is 4.39 Å². The van der Waals surface area contributed by atoms with Crippen LogP contribution < -0.4 is 0 Å². The molecule has 0 saturated heterocycles. The molecule has 0 nitrogen and oxygen atoms in total. The van der Waals surface area contributed by atoms with Crippen molar-refractivity contribution in [3.8, 4) is 11.1 Å². The maximum Gasteiger partial charge on any atom is 0.126 e. The van der Waals surface area contributed by atoms with Gasteiger partial charge in [0.2, 0.25) is 0 Å². The zero-order valence-electron chi connectivity index (χ0n) is 9.84. The fourth-order valence-corrected chi connectivity index (χ4v) is 1.91. The second-order valence-electron chi connectivity index (χ2n) is 4.34. The van der Waals surface area contributed by atoms with Crippen LogP contribution in [0, 0.1) is 26.6 Å². The van der Waals surface area contributed by atoms with Crippen LogP contribution in [0.25, 0.3) is 11.1 Å². The van der Waals surface area contributed by atoms with E-state index < -0.39 is 0 Å². The van der Waals surface area contributed by atoms with Gasteiger partial charge in [0.05, 0.1) is 0 Å². The quantitative estimate of drug-likeness (QED) is 0.659. The van der Waals surface area contributed by atoms with E-state index in [0.717, 1.165) is 11.1 Å². The van der Waals surface area contributed by atoms with Gasteiger partial charge in [-0.15, -0.1) is 0 Å². The summed E-state index contributed by atoms with van der Waals surface area (Å²) >= 11 is 0. The van der Waals surface area contributed by atoms with E-state index in [4.69, 9.17) is 0 Å². The van der Waals surface area contributed by atoms with Gasteiger partial charge in [-0.3, -0.25) is 0 Å². The monoisotopic (exact) mass is 214 g/mol. The topological polar surface area (TPSA) is 0 Å². The molecule has 16 heavy (non-hydrogen) atoms. The minimum absolute atomic E-state index is 0.142. The fraction of sp³-hybridized carbons (Fsp3) is 0.200. The molecule has 0 spiro atoms. The van der Waals surface area contributed by atoms with Crippen molar-refractivity contribution in [1.29, 1.82) is 0 Å². The summed E-state index contributed by atoms with van der Waals surface area (Å²) < 4.78 is 13.5. The van der Waals surface area contributed by atoms with E-state index in [0.29, 0.717) is 5.56 Å². The van der Waals surface area contributed by atoms with Gasteiger partial charge in [-0.1, -0.05) is 41.5 Å². The summed E-state index contributed by atoms with van der Waals surface area (Å²) in [5, 5.41) is 0. The van der Waals surface area contributed by atoms with Crippen molar-refractivity contribution in [2.45, 2.75) is 20.8 Å². The molecule has 0 radical (unpaired) electrons. The van der Waals surface area contributed by atoms with Gasteiger partial charge in [0.15, 0.2) is 0 Å². The molecule has 2 rings (SSSR count). The molecule has 0 aliphatic heterocycles. The molecule has 0 unspecified atom stereocenters. The molecule has 2 aromatic rings. The first-order valence-corrected chi connectivity index (χ1v) is 5.41. The van der Waals surface area contributed by atoms with Crippen LogP contribution in [0.4, 0.5) is 4.39 Å². The zero-order valence-corrected chi connectivity index (χ0v) is 9.84. The number of aryl methyl sites for hydroxylation is 3. The maximum absolute atomic E-state index is 13.5. The largest absolute Gasteiger partial charge is 0.207 e. The Hall–Kier alpha value is -1.63. The highest BCUT2D eigenvalue weighted by atomic mass is 19.1. The molecule has 0 aliphatic rings. The Morgan fingerprint density at radius 3 is 1.94 bits per heavy atom. The highest BCUT2D eigenvalue weighted by molar-refractivity contribution is 5.65. The maximum atomic E-state index is 13.5. The third-order valence-corrected chi connectivity index (χ3v) is 2.73. The average Bonchev–Trinajstić information content (AvgIpc) is 2.20. The first-order valence-electron chi connectivity index (χ1n) is 5.41. The van der Waals surface area contributed by atoms with E-state index in [1.54, 1.807) is 13.0 Å². The molecule has 0 amide bonds. The van der Waals surface area contributed by atoms with E-state index >= 15 is 0 Å². The summed E-state index contributed by atoms with van der Waals surface area (Å²) in [4.78, 5) is 0. The van der Waals surface area contributed by atoms with Gasteiger partial charge >= 0.3 is 0 Å². The van der Waals surface area contributed by atoms with Crippen LogP contribution in [-0.4, -0.2) is 0 Å². The number of benzene rings is 2. The van der Waals surface area contributed by atoms with Crippen LogP contribution in [0.5, 0.6) is 0 Å². The van der Waals surface area contributed by atoms with Crippen LogP contribution in [0.2, 0.25) is 0 Å². The molecule has 82 valence electrons. The molecule has 0 fully saturated rings. The Balaban J connectivity index is 2.54. The molecule has 0 N–H and O–H groups in total. The highest BCUT2D eigenvalue weighted by Gasteiger charge is 2.03. The Bertz CT molecular complexity index is 507. The van der Waals surface area contributed by atoms with E-state index in [1.807, 2.05) is 12.1 Å². The number of rotatable bonds is 1. The minimum atomic E-state index is -0.142. The molecule has 1 heteroatoms. The average molecular weight is 214 g/mol. The van der Waals surface area contributed by atoms with Crippen LogP contribution in [-0.2, 0) is 0 Å². The molecule has 0 atom stereocenters. The smallest absolute Gasteiger partial charge is 0.126 e. The summed E-state index contributed by atoms with van der Waals surface area (Å²) in [7, 11) is 0. The zero-order chi connectivity index (χ0) is 11.7. The third kappa shape index (κ3) is 2.13. The predicted octanol–water partition coefficient (Wildman–Crippen LogP) is 4.42. The van der Waals surface area contributed by atoms with Crippen molar-refractivity contribution in [3.63, 3.8) is 0 Å². The van der Waals surface area contributed by atoms with Gasteiger partial charge in [0.25, 0.3) is 0 Å². The molecular formula is C15H15F. The molecule has 0 aromatic heterocycles. The Labute approximate surface area is 95.7 Å². The summed E-state index contributed by atoms with van der Waals surface area (Å²) in [5.74, 6) is -0.142. The lowest BCUT2D eigenvalue weighted by Crippen LogP contribution is -1.86. The molecule has 0 bridgehead atoms. The second kappa shape index (κ2) is 4.09. The Kier molecular flexibility index (Phi) is 2.78. The summed E-state index contributed by atoms with van der Waals surface area (Å²) in [6.45, 7) is 5.89. The van der Waals surface area contributed by atoms with E-state index in [1.165, 1.54) is 11.1 Å². The second-order valence-corrected chi connectivity index (χ2v) is 4.34. The predicted molar refractivity (Wildman–Crippen MR) is 66.0 cm³/mol. The lowest BCUT2D eigenvalue weighted by atomic mass is 10.00. The van der Waals surface area contributed by atoms with Gasteiger partial charge in [0.1, 0.15) is 5.82 Å². The molecule has 0 saturated carbocycles. The first-order chi connectivity index (χ1) is 7.56. The van der Waals surface area contributed by atoms with Gasteiger partial charge in [-0.2, -0.15) is 0 Å². The van der Waals surface area contributed by atoms with Crippen molar-refractivity contribution in [2.75, 3.05) is 0 Å². The Morgan fingerprint density at radius 2 is 1.38 bits per heavy atom. The SMILES string of the molecule is Cc1cc(C)cc(-c2ccc(C)c(F)c2)c1. The van der Waals surface area contributed by atoms with Crippen molar-refractivity contribution in [1.82, 2.24) is 0 Å². The van der Waals surface area contributed by atoms with Crippen LogP contribution in [0.1, 0.15) is 16.7 Å². The van der Waals surface area contributed by atoms with Gasteiger partial charge in [-0.05, 0) is 43.5 Å². The molecular weight excluding hydrogens is 199 g/mol.